The molecule has 5 rings (SSSR count). The minimum atomic E-state index is -4.62. The maximum atomic E-state index is 14.0. The number of aryl methyl sites for hydroxylation is 2. The first-order valence-corrected chi connectivity index (χ1v) is 11.0. The van der Waals surface area contributed by atoms with Gasteiger partial charge in [0.1, 0.15) is 18.0 Å². The smallest absolute Gasteiger partial charge is 0.383 e. The molecule has 1 saturated carbocycles. The Labute approximate surface area is 194 Å². The molecular formula is C23H24F3N7O. The summed E-state index contributed by atoms with van der Waals surface area (Å²) in [4.78, 5) is 27.8. The summed E-state index contributed by atoms with van der Waals surface area (Å²) in [5, 5.41) is 4.29. The Bertz CT molecular complexity index is 1290. The van der Waals surface area contributed by atoms with Gasteiger partial charge in [0.25, 0.3) is 5.91 Å². The Morgan fingerprint density at radius 1 is 1.12 bits per heavy atom. The van der Waals surface area contributed by atoms with Crippen molar-refractivity contribution >= 4 is 11.7 Å². The number of piperidine rings is 1. The van der Waals surface area contributed by atoms with Crippen molar-refractivity contribution in [3.63, 3.8) is 0 Å². The SMILES string of the molecule is Cc1ccc(-n2cnc(C)n2)c(C(=O)N2CC3CC3CC2c2c(C(F)(F)F)cnc(N)c2C)n1. The van der Waals surface area contributed by atoms with Crippen LogP contribution in [-0.2, 0) is 6.18 Å². The number of fused-ring (bicyclic) bond motifs is 1. The number of anilines is 1. The fourth-order valence-electron chi connectivity index (χ4n) is 4.90. The van der Waals surface area contributed by atoms with Gasteiger partial charge in [0, 0.05) is 18.4 Å². The molecule has 0 spiro atoms. The van der Waals surface area contributed by atoms with Crippen molar-refractivity contribution in [1.82, 2.24) is 29.6 Å². The highest BCUT2D eigenvalue weighted by Crippen LogP contribution is 2.53. The maximum Gasteiger partial charge on any atom is 0.418 e. The molecule has 11 heteroatoms. The van der Waals surface area contributed by atoms with E-state index in [-0.39, 0.29) is 34.5 Å². The standard InChI is InChI=1S/C23H24F3N7O/c1-11-4-5-17(33-10-29-13(3)31-33)20(30-11)22(34)32-9-15-6-14(15)7-18(32)19-12(2)21(27)28-8-16(19)23(24,25)26/h4-5,8,10,14-15,18H,6-7,9H2,1-3H3,(H2,27,28). The predicted octanol–water partition coefficient (Wildman–Crippen LogP) is 3.81. The van der Waals surface area contributed by atoms with E-state index in [1.807, 2.05) is 0 Å². The molecule has 3 atom stereocenters. The zero-order valence-electron chi connectivity index (χ0n) is 19.0. The lowest BCUT2D eigenvalue weighted by molar-refractivity contribution is -0.139. The molecule has 2 N–H and O–H groups in total. The zero-order valence-corrected chi connectivity index (χ0v) is 19.0. The Morgan fingerprint density at radius 3 is 2.56 bits per heavy atom. The number of nitrogens with two attached hydrogens (primary N) is 1. The number of pyridine rings is 2. The minimum Gasteiger partial charge on any atom is -0.383 e. The molecule has 2 fully saturated rings. The molecule has 0 radical (unpaired) electrons. The van der Waals surface area contributed by atoms with Gasteiger partial charge in [-0.3, -0.25) is 4.79 Å². The predicted molar refractivity (Wildman–Crippen MR) is 117 cm³/mol. The van der Waals surface area contributed by atoms with Crippen LogP contribution in [0.3, 0.4) is 0 Å². The van der Waals surface area contributed by atoms with E-state index in [0.717, 1.165) is 12.6 Å². The van der Waals surface area contributed by atoms with Crippen LogP contribution in [0.1, 0.15) is 57.6 Å². The number of carbonyl (C=O) groups is 1. The summed E-state index contributed by atoms with van der Waals surface area (Å²) < 4.78 is 43.5. The van der Waals surface area contributed by atoms with Crippen molar-refractivity contribution in [2.45, 2.75) is 45.8 Å². The van der Waals surface area contributed by atoms with E-state index < -0.39 is 23.7 Å². The number of hydrogen-bond acceptors (Lipinski definition) is 6. The van der Waals surface area contributed by atoms with Gasteiger partial charge in [-0.15, -0.1) is 0 Å². The van der Waals surface area contributed by atoms with Crippen LogP contribution in [0.15, 0.2) is 24.7 Å². The number of amides is 1. The molecule has 2 aliphatic rings. The van der Waals surface area contributed by atoms with Gasteiger partial charge >= 0.3 is 6.18 Å². The van der Waals surface area contributed by atoms with E-state index in [1.165, 1.54) is 22.8 Å². The number of halogens is 3. The average Bonchev–Trinajstić information content (AvgIpc) is 3.42. The molecule has 1 aliphatic carbocycles. The van der Waals surface area contributed by atoms with Crippen LogP contribution in [-0.4, -0.2) is 42.1 Å². The van der Waals surface area contributed by atoms with Gasteiger partial charge in [-0.05, 0) is 68.7 Å². The Hall–Kier alpha value is -3.50. The third-order valence-corrected chi connectivity index (χ3v) is 6.78. The summed E-state index contributed by atoms with van der Waals surface area (Å²) in [5.74, 6) is 0.668. The van der Waals surface area contributed by atoms with Gasteiger partial charge in [0.05, 0.1) is 17.3 Å². The quantitative estimate of drug-likeness (QED) is 0.623. The Kier molecular flexibility index (Phi) is 5.10. The second kappa shape index (κ2) is 7.78. The van der Waals surface area contributed by atoms with Gasteiger partial charge in [0.15, 0.2) is 5.69 Å². The largest absolute Gasteiger partial charge is 0.418 e. The number of aromatic nitrogens is 5. The summed E-state index contributed by atoms with van der Waals surface area (Å²) in [7, 11) is 0. The van der Waals surface area contributed by atoms with E-state index >= 15 is 0 Å². The highest BCUT2D eigenvalue weighted by Gasteiger charge is 2.50. The normalized spacial score (nSPS) is 21.9. The summed E-state index contributed by atoms with van der Waals surface area (Å²) in [6.45, 7) is 5.37. The summed E-state index contributed by atoms with van der Waals surface area (Å²) in [6, 6.07) is 2.69. The Morgan fingerprint density at radius 2 is 1.88 bits per heavy atom. The van der Waals surface area contributed by atoms with Crippen molar-refractivity contribution in [1.29, 1.82) is 0 Å². The second-order valence-corrected chi connectivity index (χ2v) is 9.12. The van der Waals surface area contributed by atoms with Gasteiger partial charge in [-0.2, -0.15) is 18.3 Å². The van der Waals surface area contributed by atoms with Crippen LogP contribution >= 0.6 is 0 Å². The molecule has 3 aromatic heterocycles. The highest BCUT2D eigenvalue weighted by atomic mass is 19.4. The summed E-state index contributed by atoms with van der Waals surface area (Å²) >= 11 is 0. The van der Waals surface area contributed by atoms with Crippen LogP contribution in [0.2, 0.25) is 0 Å². The first-order valence-electron chi connectivity index (χ1n) is 11.0. The van der Waals surface area contributed by atoms with Crippen LogP contribution in [0.25, 0.3) is 5.69 Å². The van der Waals surface area contributed by atoms with Crippen LogP contribution in [0, 0.1) is 32.6 Å². The zero-order chi connectivity index (χ0) is 24.4. The topological polar surface area (TPSA) is 103 Å². The van der Waals surface area contributed by atoms with E-state index in [2.05, 4.69) is 20.1 Å². The van der Waals surface area contributed by atoms with Gasteiger partial charge in [-0.25, -0.2) is 19.6 Å². The molecule has 8 nitrogen and oxygen atoms in total. The molecule has 1 aliphatic heterocycles. The number of alkyl halides is 3. The number of hydrogen-bond donors (Lipinski definition) is 1. The lowest BCUT2D eigenvalue weighted by atomic mass is 9.89. The van der Waals surface area contributed by atoms with Crippen LogP contribution < -0.4 is 5.73 Å². The van der Waals surface area contributed by atoms with Gasteiger partial charge < -0.3 is 10.6 Å². The third kappa shape index (κ3) is 3.78. The lowest BCUT2D eigenvalue weighted by Gasteiger charge is -2.38. The van der Waals surface area contributed by atoms with Crippen molar-refractivity contribution in [3.05, 3.63) is 58.6 Å². The first kappa shape index (κ1) is 22.3. The maximum absolute atomic E-state index is 14.0. The molecule has 4 heterocycles. The molecule has 0 aromatic carbocycles. The Balaban J connectivity index is 1.63. The number of nitrogens with zero attached hydrogens (tertiary/aromatic N) is 6. The number of likely N-dealkylation sites (tertiary alicyclic amines) is 1. The van der Waals surface area contributed by atoms with E-state index in [1.54, 1.807) is 26.0 Å². The van der Waals surface area contributed by atoms with E-state index in [0.29, 0.717) is 30.2 Å². The molecule has 3 unspecified atom stereocenters. The number of carbonyl (C=O) groups excluding carboxylic acids is 1. The summed E-state index contributed by atoms with van der Waals surface area (Å²) in [6.07, 6.45) is -1.04. The number of nitrogen functional groups attached to an aromatic ring is 1. The second-order valence-electron chi connectivity index (χ2n) is 9.12. The monoisotopic (exact) mass is 471 g/mol. The van der Waals surface area contributed by atoms with Crippen molar-refractivity contribution < 1.29 is 18.0 Å². The molecular weight excluding hydrogens is 447 g/mol. The van der Waals surface area contributed by atoms with Crippen molar-refractivity contribution in [3.8, 4) is 5.69 Å². The van der Waals surface area contributed by atoms with E-state index in [4.69, 9.17) is 5.73 Å². The molecule has 1 amide bonds. The van der Waals surface area contributed by atoms with Crippen molar-refractivity contribution in [2.75, 3.05) is 12.3 Å². The van der Waals surface area contributed by atoms with Crippen molar-refractivity contribution in [2.24, 2.45) is 11.8 Å². The molecule has 178 valence electrons. The fraction of sp³-hybridized carbons (Fsp3) is 0.435. The summed E-state index contributed by atoms with van der Waals surface area (Å²) in [5.41, 5.74) is 6.51. The number of rotatable bonds is 3. The van der Waals surface area contributed by atoms with Crippen LogP contribution in [0.5, 0.6) is 0 Å². The average molecular weight is 471 g/mol. The molecule has 0 bridgehead atoms. The molecule has 3 aromatic rings. The lowest BCUT2D eigenvalue weighted by Crippen LogP contribution is -2.41. The minimum absolute atomic E-state index is 0.0181. The third-order valence-electron chi connectivity index (χ3n) is 6.78. The van der Waals surface area contributed by atoms with Crippen LogP contribution in [0.4, 0.5) is 19.0 Å². The molecule has 1 saturated heterocycles. The first-order chi connectivity index (χ1) is 16.0. The van der Waals surface area contributed by atoms with E-state index in [9.17, 15) is 18.0 Å². The van der Waals surface area contributed by atoms with Gasteiger partial charge in [0.2, 0.25) is 0 Å². The molecule has 34 heavy (non-hydrogen) atoms. The fourth-order valence-corrected chi connectivity index (χ4v) is 4.90. The highest BCUT2D eigenvalue weighted by molar-refractivity contribution is 5.96. The van der Waals surface area contributed by atoms with Gasteiger partial charge in [-0.1, -0.05) is 0 Å².